The molecule has 0 radical (unpaired) electrons. The summed E-state index contributed by atoms with van der Waals surface area (Å²) >= 11 is 0. The zero-order valence-corrected chi connectivity index (χ0v) is 19.0. The maximum Gasteiger partial charge on any atom is 0.254 e. The fraction of sp³-hybridized carbons (Fsp3) is 0.696. The lowest BCUT2D eigenvalue weighted by Gasteiger charge is -2.35. The number of hydrogen-bond donors (Lipinski definition) is 0. The predicted octanol–water partition coefficient (Wildman–Crippen LogP) is 3.87. The average Bonchev–Trinajstić information content (AvgIpc) is 2.80. The van der Waals surface area contributed by atoms with Crippen LogP contribution in [0.2, 0.25) is 0 Å². The Balaban J connectivity index is 1.72. The van der Waals surface area contributed by atoms with E-state index >= 15 is 0 Å². The average molecular weight is 434 g/mol. The van der Waals surface area contributed by atoms with Crippen molar-refractivity contribution in [2.75, 3.05) is 37.6 Å². The molecule has 0 N–H and O–H groups in total. The molecule has 3 fully saturated rings. The van der Waals surface area contributed by atoms with Gasteiger partial charge in [0.2, 0.25) is 10.0 Å². The van der Waals surface area contributed by atoms with Gasteiger partial charge in [-0.2, -0.15) is 4.31 Å². The number of sulfonamides is 1. The lowest BCUT2D eigenvalue weighted by Crippen LogP contribution is -2.42. The molecule has 30 heavy (non-hydrogen) atoms. The summed E-state index contributed by atoms with van der Waals surface area (Å²) in [6.07, 6.45) is 9.41. The van der Waals surface area contributed by atoms with Crippen molar-refractivity contribution in [3.8, 4) is 0 Å². The summed E-state index contributed by atoms with van der Waals surface area (Å²) in [6, 6.07) is 5.58. The summed E-state index contributed by atoms with van der Waals surface area (Å²) in [7, 11) is -3.62. The van der Waals surface area contributed by atoms with Crippen LogP contribution >= 0.6 is 0 Å². The first-order valence-electron chi connectivity index (χ1n) is 11.7. The monoisotopic (exact) mass is 433 g/mol. The van der Waals surface area contributed by atoms with Crippen LogP contribution in [-0.4, -0.2) is 62.3 Å². The van der Waals surface area contributed by atoms with E-state index in [2.05, 4.69) is 11.8 Å². The molecule has 3 aliphatic rings. The van der Waals surface area contributed by atoms with Gasteiger partial charge in [-0.15, -0.1) is 0 Å². The van der Waals surface area contributed by atoms with Gasteiger partial charge in [-0.25, -0.2) is 8.42 Å². The van der Waals surface area contributed by atoms with E-state index in [1.807, 2.05) is 17.0 Å². The highest BCUT2D eigenvalue weighted by Gasteiger charge is 2.32. The van der Waals surface area contributed by atoms with Crippen LogP contribution in [-0.2, 0) is 10.0 Å². The Hall–Kier alpha value is -1.60. The molecule has 7 heteroatoms. The maximum absolute atomic E-state index is 13.6. The molecule has 0 aliphatic carbocycles. The Kier molecular flexibility index (Phi) is 6.68. The minimum Gasteiger partial charge on any atom is -0.370 e. The van der Waals surface area contributed by atoms with E-state index in [1.165, 1.54) is 6.42 Å². The summed E-state index contributed by atoms with van der Waals surface area (Å²) in [4.78, 5) is 17.7. The van der Waals surface area contributed by atoms with Gasteiger partial charge in [0.05, 0.1) is 5.69 Å². The molecule has 1 aromatic rings. The number of carbonyl (C=O) groups is 1. The van der Waals surface area contributed by atoms with Crippen LogP contribution in [0, 0.1) is 0 Å². The molecule has 0 spiro atoms. The quantitative estimate of drug-likeness (QED) is 0.723. The highest BCUT2D eigenvalue weighted by Crippen LogP contribution is 2.33. The molecule has 1 aromatic carbocycles. The molecule has 3 saturated heterocycles. The number of rotatable bonds is 4. The van der Waals surface area contributed by atoms with E-state index in [9.17, 15) is 13.2 Å². The van der Waals surface area contributed by atoms with Crippen molar-refractivity contribution < 1.29 is 13.2 Å². The van der Waals surface area contributed by atoms with Crippen LogP contribution in [0.15, 0.2) is 23.1 Å². The molecule has 0 aromatic heterocycles. The second-order valence-electron chi connectivity index (χ2n) is 9.04. The number of amides is 1. The summed E-state index contributed by atoms with van der Waals surface area (Å²) in [5.41, 5.74) is 1.27. The summed E-state index contributed by atoms with van der Waals surface area (Å²) in [5, 5.41) is 0. The number of benzene rings is 1. The van der Waals surface area contributed by atoms with Crippen LogP contribution in [0.25, 0.3) is 0 Å². The summed E-state index contributed by atoms with van der Waals surface area (Å²) < 4.78 is 28.9. The van der Waals surface area contributed by atoms with Crippen molar-refractivity contribution in [2.45, 2.75) is 75.6 Å². The normalized spacial score (nSPS) is 24.1. The minimum atomic E-state index is -3.62. The Labute approximate surface area is 181 Å². The minimum absolute atomic E-state index is 0.0394. The molecule has 6 nitrogen and oxygen atoms in total. The molecule has 1 amide bonds. The van der Waals surface area contributed by atoms with Crippen LogP contribution < -0.4 is 4.90 Å². The van der Waals surface area contributed by atoms with Crippen LogP contribution in [0.1, 0.15) is 75.1 Å². The molecule has 0 bridgehead atoms. The zero-order chi connectivity index (χ0) is 21.1. The molecule has 3 aliphatic heterocycles. The van der Waals surface area contributed by atoms with Crippen LogP contribution in [0.4, 0.5) is 5.69 Å². The van der Waals surface area contributed by atoms with Crippen molar-refractivity contribution in [1.29, 1.82) is 0 Å². The first-order chi connectivity index (χ1) is 14.5. The number of piperidine rings is 3. The first kappa shape index (κ1) is 21.6. The number of nitrogens with zero attached hydrogens (tertiary/aromatic N) is 3. The van der Waals surface area contributed by atoms with Gasteiger partial charge in [0.25, 0.3) is 5.91 Å². The number of hydrogen-bond acceptors (Lipinski definition) is 4. The van der Waals surface area contributed by atoms with E-state index in [0.717, 1.165) is 76.7 Å². The molecule has 1 atom stereocenters. The standard InChI is InChI=1S/C23H35N3O3S/c1-19-10-4-9-17-26(19)23(27)20-11-12-21(24-13-5-2-6-14-24)22(18-20)30(28,29)25-15-7-3-8-16-25/h11-12,18-19H,2-10,13-17H2,1H3. The van der Waals surface area contributed by atoms with E-state index < -0.39 is 10.0 Å². The third-order valence-corrected chi connectivity index (χ3v) is 8.83. The van der Waals surface area contributed by atoms with E-state index in [0.29, 0.717) is 23.5 Å². The van der Waals surface area contributed by atoms with Gasteiger partial charge in [0.1, 0.15) is 4.90 Å². The maximum atomic E-state index is 13.6. The zero-order valence-electron chi connectivity index (χ0n) is 18.2. The fourth-order valence-corrected chi connectivity index (χ4v) is 6.81. The topological polar surface area (TPSA) is 60.9 Å². The van der Waals surface area contributed by atoms with E-state index in [1.54, 1.807) is 10.4 Å². The van der Waals surface area contributed by atoms with Gasteiger partial charge in [-0.05, 0) is 76.5 Å². The Morgan fingerprint density at radius 1 is 0.867 bits per heavy atom. The Bertz CT molecular complexity index is 858. The Morgan fingerprint density at radius 2 is 1.50 bits per heavy atom. The number of likely N-dealkylation sites (tertiary alicyclic amines) is 1. The molecule has 1 unspecified atom stereocenters. The third-order valence-electron chi connectivity index (χ3n) is 6.90. The second kappa shape index (κ2) is 9.27. The lowest BCUT2D eigenvalue weighted by atomic mass is 10.0. The number of anilines is 1. The lowest BCUT2D eigenvalue weighted by molar-refractivity contribution is 0.0635. The highest BCUT2D eigenvalue weighted by molar-refractivity contribution is 7.89. The van der Waals surface area contributed by atoms with Gasteiger partial charge in [0, 0.05) is 44.3 Å². The molecular formula is C23H35N3O3S. The van der Waals surface area contributed by atoms with E-state index in [4.69, 9.17) is 0 Å². The van der Waals surface area contributed by atoms with Gasteiger partial charge >= 0.3 is 0 Å². The van der Waals surface area contributed by atoms with E-state index in [-0.39, 0.29) is 11.9 Å². The van der Waals surface area contributed by atoms with Crippen molar-refractivity contribution in [2.24, 2.45) is 0 Å². The van der Waals surface area contributed by atoms with Gasteiger partial charge in [0.15, 0.2) is 0 Å². The predicted molar refractivity (Wildman–Crippen MR) is 119 cm³/mol. The third kappa shape index (κ3) is 4.37. The van der Waals surface area contributed by atoms with Crippen molar-refractivity contribution in [3.05, 3.63) is 23.8 Å². The summed E-state index contributed by atoms with van der Waals surface area (Å²) in [5.74, 6) is -0.0394. The molecular weight excluding hydrogens is 398 g/mol. The van der Waals surface area contributed by atoms with Crippen LogP contribution in [0.3, 0.4) is 0 Å². The second-order valence-corrected chi connectivity index (χ2v) is 10.9. The van der Waals surface area contributed by atoms with Crippen molar-refractivity contribution in [1.82, 2.24) is 9.21 Å². The van der Waals surface area contributed by atoms with Crippen molar-refractivity contribution >= 4 is 21.6 Å². The van der Waals surface area contributed by atoms with Crippen LogP contribution in [0.5, 0.6) is 0 Å². The SMILES string of the molecule is CC1CCCCN1C(=O)c1ccc(N2CCCCC2)c(S(=O)(=O)N2CCCCC2)c1. The van der Waals surface area contributed by atoms with Crippen molar-refractivity contribution in [3.63, 3.8) is 0 Å². The number of carbonyl (C=O) groups excluding carboxylic acids is 1. The molecule has 3 heterocycles. The fourth-order valence-electron chi connectivity index (χ4n) is 5.06. The first-order valence-corrected chi connectivity index (χ1v) is 13.1. The Morgan fingerprint density at radius 3 is 2.17 bits per heavy atom. The summed E-state index contributed by atoms with van der Waals surface area (Å²) in [6.45, 7) is 5.73. The molecule has 166 valence electrons. The van der Waals surface area contributed by atoms with Gasteiger partial charge in [-0.3, -0.25) is 4.79 Å². The molecule has 4 rings (SSSR count). The smallest absolute Gasteiger partial charge is 0.254 e. The van der Waals surface area contributed by atoms with Gasteiger partial charge < -0.3 is 9.80 Å². The molecule has 0 saturated carbocycles. The largest absolute Gasteiger partial charge is 0.370 e. The highest BCUT2D eigenvalue weighted by atomic mass is 32.2. The van der Waals surface area contributed by atoms with Gasteiger partial charge in [-0.1, -0.05) is 6.42 Å².